The van der Waals surface area contributed by atoms with Crippen molar-refractivity contribution in [3.63, 3.8) is 0 Å². The third-order valence-corrected chi connectivity index (χ3v) is 3.56. The average Bonchev–Trinajstić information content (AvgIpc) is 2.28. The fourth-order valence-corrected chi connectivity index (χ4v) is 1.79. The van der Waals surface area contributed by atoms with Gasteiger partial charge in [-0.15, -0.1) is 0 Å². The average molecular weight is 244 g/mol. The first-order valence-electron chi connectivity index (χ1n) is 6.46. The molecule has 0 aromatic rings. The number of carboxylic acid groups (broad SMARTS) is 1. The van der Waals surface area contributed by atoms with Crippen LogP contribution in [0.15, 0.2) is 0 Å². The number of carbonyl (C=O) groups is 1. The van der Waals surface area contributed by atoms with E-state index in [2.05, 4.69) is 31.1 Å². The summed E-state index contributed by atoms with van der Waals surface area (Å²) in [5, 5.41) is 12.0. The smallest absolute Gasteiger partial charge is 0.323 e. The summed E-state index contributed by atoms with van der Waals surface area (Å²) in [7, 11) is 3.81. The van der Waals surface area contributed by atoms with E-state index in [0.717, 1.165) is 19.5 Å². The SMILES string of the molecule is CCC(C)CN(C)CCCC(C)(NC)C(=O)O. The molecule has 0 aliphatic heterocycles. The first kappa shape index (κ1) is 16.4. The molecule has 2 atom stereocenters. The third kappa shape index (κ3) is 6.03. The zero-order valence-corrected chi connectivity index (χ0v) is 11.9. The first-order chi connectivity index (χ1) is 7.85. The van der Waals surface area contributed by atoms with E-state index in [0.29, 0.717) is 12.3 Å². The van der Waals surface area contributed by atoms with Gasteiger partial charge >= 0.3 is 5.97 Å². The van der Waals surface area contributed by atoms with Gasteiger partial charge in [-0.25, -0.2) is 0 Å². The first-order valence-corrected chi connectivity index (χ1v) is 6.46. The molecule has 4 nitrogen and oxygen atoms in total. The molecule has 0 aromatic heterocycles. The summed E-state index contributed by atoms with van der Waals surface area (Å²) in [6, 6.07) is 0. The lowest BCUT2D eigenvalue weighted by molar-refractivity contribution is -0.144. The third-order valence-electron chi connectivity index (χ3n) is 3.56. The van der Waals surface area contributed by atoms with Gasteiger partial charge in [0, 0.05) is 6.54 Å². The van der Waals surface area contributed by atoms with E-state index in [4.69, 9.17) is 5.11 Å². The number of likely N-dealkylation sites (N-methyl/N-ethyl adjacent to an activating group) is 1. The van der Waals surface area contributed by atoms with Crippen LogP contribution in [0, 0.1) is 5.92 Å². The molecule has 0 heterocycles. The number of rotatable bonds is 9. The van der Waals surface area contributed by atoms with Gasteiger partial charge < -0.3 is 15.3 Å². The summed E-state index contributed by atoms with van der Waals surface area (Å²) < 4.78 is 0. The maximum Gasteiger partial charge on any atom is 0.323 e. The highest BCUT2D eigenvalue weighted by Gasteiger charge is 2.30. The van der Waals surface area contributed by atoms with E-state index in [1.807, 2.05) is 0 Å². The molecule has 2 N–H and O–H groups in total. The Morgan fingerprint density at radius 2 is 2.12 bits per heavy atom. The Balaban J connectivity index is 3.93. The summed E-state index contributed by atoms with van der Waals surface area (Å²) >= 11 is 0. The topological polar surface area (TPSA) is 52.6 Å². The van der Waals surface area contributed by atoms with Crippen LogP contribution in [0.2, 0.25) is 0 Å². The minimum Gasteiger partial charge on any atom is -0.480 e. The molecule has 0 radical (unpaired) electrons. The number of carboxylic acids is 1. The predicted octanol–water partition coefficient (Wildman–Crippen LogP) is 1.81. The van der Waals surface area contributed by atoms with E-state index in [-0.39, 0.29) is 0 Å². The van der Waals surface area contributed by atoms with Gasteiger partial charge in [0.05, 0.1) is 0 Å². The molecule has 0 aliphatic rings. The van der Waals surface area contributed by atoms with Crippen molar-refractivity contribution in [2.24, 2.45) is 5.92 Å². The zero-order chi connectivity index (χ0) is 13.5. The lowest BCUT2D eigenvalue weighted by atomic mass is 9.96. The molecule has 2 unspecified atom stereocenters. The van der Waals surface area contributed by atoms with Crippen molar-refractivity contribution in [2.45, 2.75) is 45.6 Å². The quantitative estimate of drug-likeness (QED) is 0.649. The van der Waals surface area contributed by atoms with Gasteiger partial charge in [-0.05, 0) is 46.3 Å². The van der Waals surface area contributed by atoms with Crippen LogP contribution < -0.4 is 5.32 Å². The Hall–Kier alpha value is -0.610. The summed E-state index contributed by atoms with van der Waals surface area (Å²) in [5.74, 6) is -0.0697. The molecule has 17 heavy (non-hydrogen) atoms. The van der Waals surface area contributed by atoms with Crippen molar-refractivity contribution in [3.05, 3.63) is 0 Å². The number of nitrogens with zero attached hydrogens (tertiary/aromatic N) is 1. The number of hydrogen-bond acceptors (Lipinski definition) is 3. The van der Waals surface area contributed by atoms with Gasteiger partial charge in [-0.2, -0.15) is 0 Å². The van der Waals surface area contributed by atoms with Gasteiger partial charge in [-0.3, -0.25) is 4.79 Å². The van der Waals surface area contributed by atoms with Crippen LogP contribution in [-0.2, 0) is 4.79 Å². The van der Waals surface area contributed by atoms with Crippen molar-refractivity contribution >= 4 is 5.97 Å². The van der Waals surface area contributed by atoms with Crippen LogP contribution in [0.25, 0.3) is 0 Å². The van der Waals surface area contributed by atoms with Gasteiger partial charge in [-0.1, -0.05) is 20.3 Å². The van der Waals surface area contributed by atoms with E-state index in [1.54, 1.807) is 14.0 Å². The second-order valence-electron chi connectivity index (χ2n) is 5.27. The Labute approximate surface area is 105 Å². The molecule has 0 amide bonds. The second kappa shape index (κ2) is 7.67. The molecule has 0 aliphatic carbocycles. The molecule has 0 saturated carbocycles. The lowest BCUT2D eigenvalue weighted by Gasteiger charge is -2.26. The summed E-state index contributed by atoms with van der Waals surface area (Å²) in [6.45, 7) is 8.21. The molecular formula is C13H28N2O2. The van der Waals surface area contributed by atoms with Crippen molar-refractivity contribution in [3.8, 4) is 0 Å². The van der Waals surface area contributed by atoms with Crippen molar-refractivity contribution in [1.82, 2.24) is 10.2 Å². The van der Waals surface area contributed by atoms with Crippen molar-refractivity contribution in [1.29, 1.82) is 0 Å². The van der Waals surface area contributed by atoms with Crippen LogP contribution >= 0.6 is 0 Å². The Kier molecular flexibility index (Phi) is 7.39. The van der Waals surface area contributed by atoms with E-state index in [1.165, 1.54) is 6.42 Å². The maximum absolute atomic E-state index is 11.1. The van der Waals surface area contributed by atoms with Crippen LogP contribution in [0.1, 0.15) is 40.0 Å². The van der Waals surface area contributed by atoms with E-state index < -0.39 is 11.5 Å². The Morgan fingerprint density at radius 1 is 1.53 bits per heavy atom. The minimum absolute atomic E-state index is 0.656. The number of nitrogens with one attached hydrogen (secondary N) is 1. The minimum atomic E-state index is -0.794. The van der Waals surface area contributed by atoms with Gasteiger partial charge in [0.15, 0.2) is 0 Å². The standard InChI is InChI=1S/C13H28N2O2/c1-6-11(2)10-15(5)9-7-8-13(3,14-4)12(16)17/h11,14H,6-10H2,1-5H3,(H,16,17). The largest absolute Gasteiger partial charge is 0.480 e. The molecule has 0 bridgehead atoms. The van der Waals surface area contributed by atoms with Crippen LogP contribution in [-0.4, -0.2) is 48.7 Å². The molecule has 102 valence electrons. The highest BCUT2D eigenvalue weighted by Crippen LogP contribution is 2.13. The van der Waals surface area contributed by atoms with Crippen LogP contribution in [0.4, 0.5) is 0 Å². The number of aliphatic carboxylic acids is 1. The highest BCUT2D eigenvalue weighted by atomic mass is 16.4. The molecule has 0 aromatic carbocycles. The Morgan fingerprint density at radius 3 is 2.53 bits per heavy atom. The molecule has 4 heteroatoms. The summed E-state index contributed by atoms with van der Waals surface area (Å²) in [5.41, 5.74) is -0.794. The maximum atomic E-state index is 11.1. The summed E-state index contributed by atoms with van der Waals surface area (Å²) in [4.78, 5) is 13.4. The van der Waals surface area contributed by atoms with Crippen LogP contribution in [0.5, 0.6) is 0 Å². The van der Waals surface area contributed by atoms with Gasteiger partial charge in [0.1, 0.15) is 5.54 Å². The molecule has 0 spiro atoms. The van der Waals surface area contributed by atoms with Gasteiger partial charge in [0.2, 0.25) is 0 Å². The molecular weight excluding hydrogens is 216 g/mol. The second-order valence-corrected chi connectivity index (χ2v) is 5.27. The fraction of sp³-hybridized carbons (Fsp3) is 0.923. The van der Waals surface area contributed by atoms with E-state index >= 15 is 0 Å². The van der Waals surface area contributed by atoms with Gasteiger partial charge in [0.25, 0.3) is 0 Å². The zero-order valence-electron chi connectivity index (χ0n) is 11.9. The fourth-order valence-electron chi connectivity index (χ4n) is 1.79. The lowest BCUT2D eigenvalue weighted by Crippen LogP contribution is -2.47. The normalized spacial score (nSPS) is 16.8. The van der Waals surface area contributed by atoms with E-state index in [9.17, 15) is 4.79 Å². The molecule has 0 fully saturated rings. The highest BCUT2D eigenvalue weighted by molar-refractivity contribution is 5.78. The van der Waals surface area contributed by atoms with Crippen LogP contribution in [0.3, 0.4) is 0 Å². The summed E-state index contributed by atoms with van der Waals surface area (Å²) in [6.07, 6.45) is 2.74. The molecule has 0 rings (SSSR count). The number of hydrogen-bond donors (Lipinski definition) is 2. The van der Waals surface area contributed by atoms with Crippen molar-refractivity contribution < 1.29 is 9.90 Å². The van der Waals surface area contributed by atoms with Crippen molar-refractivity contribution in [2.75, 3.05) is 27.2 Å². The predicted molar refractivity (Wildman–Crippen MR) is 71.3 cm³/mol. The molecule has 0 saturated heterocycles. The Bertz CT molecular complexity index is 233. The monoisotopic (exact) mass is 244 g/mol.